The first-order valence-electron chi connectivity index (χ1n) is 6.41. The number of carboxylic acid groups (broad SMARTS) is 1. The van der Waals surface area contributed by atoms with Crippen LogP contribution in [0.25, 0.3) is 0 Å². The first kappa shape index (κ1) is 17.2. The molecule has 0 fully saturated rings. The van der Waals surface area contributed by atoms with E-state index in [9.17, 15) is 9.59 Å². The van der Waals surface area contributed by atoms with Gasteiger partial charge in [-0.3, -0.25) is 0 Å². The van der Waals surface area contributed by atoms with Gasteiger partial charge in [0.05, 0.1) is 0 Å². The highest BCUT2D eigenvalue weighted by Gasteiger charge is 2.47. The zero-order valence-corrected chi connectivity index (χ0v) is 12.3. The SMILES string of the molecule is CCCC(CC)OC(=O)C(Cl)(CC(C)C)C(=O)O. The summed E-state index contributed by atoms with van der Waals surface area (Å²) < 4.78 is 5.22. The second kappa shape index (κ2) is 7.62. The molecular formula is C13H23ClO4. The van der Waals surface area contributed by atoms with Crippen molar-refractivity contribution in [2.75, 3.05) is 0 Å². The maximum atomic E-state index is 12.0. The van der Waals surface area contributed by atoms with Crippen LogP contribution < -0.4 is 0 Å². The lowest BCUT2D eigenvalue weighted by Crippen LogP contribution is -2.45. The Labute approximate surface area is 114 Å². The molecule has 0 saturated carbocycles. The summed E-state index contributed by atoms with van der Waals surface area (Å²) in [5.41, 5.74) is 0. The second-order valence-electron chi connectivity index (χ2n) is 4.93. The molecule has 2 unspecified atom stereocenters. The molecule has 0 spiro atoms. The van der Waals surface area contributed by atoms with Gasteiger partial charge in [0.15, 0.2) is 0 Å². The molecule has 0 aliphatic rings. The number of halogens is 1. The topological polar surface area (TPSA) is 63.6 Å². The molecule has 0 heterocycles. The average molecular weight is 279 g/mol. The standard InChI is InChI=1S/C13H23ClO4/c1-5-7-10(6-2)18-12(17)13(14,11(15)16)8-9(3)4/h9-10H,5-8H2,1-4H3,(H,15,16). The molecule has 0 aromatic rings. The van der Waals surface area contributed by atoms with E-state index in [0.717, 1.165) is 12.8 Å². The van der Waals surface area contributed by atoms with Gasteiger partial charge in [-0.05, 0) is 25.2 Å². The van der Waals surface area contributed by atoms with Crippen molar-refractivity contribution in [3.63, 3.8) is 0 Å². The van der Waals surface area contributed by atoms with Crippen molar-refractivity contribution in [1.29, 1.82) is 0 Å². The zero-order valence-electron chi connectivity index (χ0n) is 11.5. The van der Waals surface area contributed by atoms with Crippen LogP contribution in [0.15, 0.2) is 0 Å². The Hall–Kier alpha value is -0.770. The summed E-state index contributed by atoms with van der Waals surface area (Å²) in [6.45, 7) is 7.51. The van der Waals surface area contributed by atoms with Crippen molar-refractivity contribution in [3.05, 3.63) is 0 Å². The van der Waals surface area contributed by atoms with E-state index in [1.807, 2.05) is 27.7 Å². The minimum atomic E-state index is -1.96. The lowest BCUT2D eigenvalue weighted by molar-refractivity contribution is -0.161. The van der Waals surface area contributed by atoms with Crippen LogP contribution in [-0.4, -0.2) is 28.0 Å². The number of hydrogen-bond acceptors (Lipinski definition) is 3. The summed E-state index contributed by atoms with van der Waals surface area (Å²) in [6, 6.07) is 0. The molecule has 0 aliphatic heterocycles. The number of carbonyl (C=O) groups is 2. The highest BCUT2D eigenvalue weighted by molar-refractivity contribution is 6.44. The first-order valence-corrected chi connectivity index (χ1v) is 6.79. The molecule has 2 atom stereocenters. The number of hydrogen-bond donors (Lipinski definition) is 1. The maximum Gasteiger partial charge on any atom is 0.339 e. The number of esters is 1. The molecule has 18 heavy (non-hydrogen) atoms. The van der Waals surface area contributed by atoms with E-state index in [4.69, 9.17) is 21.4 Å². The lowest BCUT2D eigenvalue weighted by Gasteiger charge is -2.25. The maximum absolute atomic E-state index is 12.0. The number of rotatable bonds is 8. The number of ether oxygens (including phenoxy) is 1. The summed E-state index contributed by atoms with van der Waals surface area (Å²) in [4.78, 5) is 21.2. The zero-order chi connectivity index (χ0) is 14.3. The monoisotopic (exact) mass is 278 g/mol. The number of alkyl halides is 1. The Morgan fingerprint density at radius 1 is 1.33 bits per heavy atom. The molecule has 0 aliphatic carbocycles. The van der Waals surface area contributed by atoms with Crippen molar-refractivity contribution in [3.8, 4) is 0 Å². The van der Waals surface area contributed by atoms with Gasteiger partial charge in [-0.2, -0.15) is 0 Å². The van der Waals surface area contributed by atoms with Gasteiger partial charge in [0.25, 0.3) is 0 Å². The molecule has 0 bridgehead atoms. The van der Waals surface area contributed by atoms with Gasteiger partial charge < -0.3 is 9.84 Å². The molecule has 1 N–H and O–H groups in total. The largest absolute Gasteiger partial charge is 0.479 e. The van der Waals surface area contributed by atoms with Crippen LogP contribution in [0.1, 0.15) is 53.4 Å². The Morgan fingerprint density at radius 2 is 1.89 bits per heavy atom. The van der Waals surface area contributed by atoms with Crippen molar-refractivity contribution < 1.29 is 19.4 Å². The Bertz CT molecular complexity index is 291. The summed E-state index contributed by atoms with van der Waals surface area (Å²) >= 11 is 5.95. The van der Waals surface area contributed by atoms with E-state index in [-0.39, 0.29) is 18.4 Å². The fourth-order valence-corrected chi connectivity index (χ4v) is 2.09. The van der Waals surface area contributed by atoms with Crippen molar-refractivity contribution in [2.24, 2.45) is 5.92 Å². The van der Waals surface area contributed by atoms with Crippen LogP contribution in [0.2, 0.25) is 0 Å². The summed E-state index contributed by atoms with van der Waals surface area (Å²) in [6.07, 6.45) is 2.06. The Balaban J connectivity index is 4.81. The predicted octanol–water partition coefficient (Wildman–Crippen LogP) is 3.22. The van der Waals surface area contributed by atoms with E-state index in [2.05, 4.69) is 0 Å². The molecule has 0 saturated heterocycles. The van der Waals surface area contributed by atoms with Gasteiger partial charge in [0, 0.05) is 0 Å². The lowest BCUT2D eigenvalue weighted by atomic mass is 9.96. The third kappa shape index (κ3) is 4.84. The predicted molar refractivity (Wildman–Crippen MR) is 70.8 cm³/mol. The summed E-state index contributed by atoms with van der Waals surface area (Å²) in [5, 5.41) is 9.13. The molecule has 4 nitrogen and oxygen atoms in total. The number of carboxylic acids is 1. The van der Waals surface area contributed by atoms with Gasteiger partial charge in [0.1, 0.15) is 6.10 Å². The molecule has 0 aromatic carbocycles. The van der Waals surface area contributed by atoms with E-state index in [1.54, 1.807) is 0 Å². The summed E-state index contributed by atoms with van der Waals surface area (Å²) in [5.74, 6) is -2.18. The quantitative estimate of drug-likeness (QED) is 0.421. The van der Waals surface area contributed by atoms with Crippen LogP contribution >= 0.6 is 11.6 Å². The van der Waals surface area contributed by atoms with Gasteiger partial charge in [0.2, 0.25) is 4.87 Å². The molecule has 106 valence electrons. The Morgan fingerprint density at radius 3 is 2.22 bits per heavy atom. The van der Waals surface area contributed by atoms with Crippen LogP contribution in [-0.2, 0) is 14.3 Å². The highest BCUT2D eigenvalue weighted by Crippen LogP contribution is 2.28. The molecule has 5 heteroatoms. The minimum absolute atomic E-state index is 0.00241. The number of aliphatic carboxylic acids is 1. The summed E-state index contributed by atoms with van der Waals surface area (Å²) in [7, 11) is 0. The van der Waals surface area contributed by atoms with Crippen molar-refractivity contribution >= 4 is 23.5 Å². The van der Waals surface area contributed by atoms with Crippen molar-refractivity contribution in [2.45, 2.75) is 64.4 Å². The van der Waals surface area contributed by atoms with E-state index < -0.39 is 16.8 Å². The Kier molecular flexibility index (Phi) is 7.29. The molecule has 0 amide bonds. The first-order chi connectivity index (χ1) is 8.27. The van der Waals surface area contributed by atoms with Gasteiger partial charge in [-0.1, -0.05) is 45.7 Å². The van der Waals surface area contributed by atoms with Crippen LogP contribution in [0, 0.1) is 5.92 Å². The normalized spacial score (nSPS) is 16.1. The van der Waals surface area contributed by atoms with Gasteiger partial charge >= 0.3 is 11.9 Å². The average Bonchev–Trinajstić information content (AvgIpc) is 2.26. The third-order valence-corrected chi connectivity index (χ3v) is 3.16. The van der Waals surface area contributed by atoms with Crippen LogP contribution in [0.5, 0.6) is 0 Å². The van der Waals surface area contributed by atoms with Crippen LogP contribution in [0.4, 0.5) is 0 Å². The van der Waals surface area contributed by atoms with E-state index >= 15 is 0 Å². The second-order valence-corrected chi connectivity index (χ2v) is 5.57. The molecular weight excluding hydrogens is 256 g/mol. The van der Waals surface area contributed by atoms with Crippen LogP contribution in [0.3, 0.4) is 0 Å². The highest BCUT2D eigenvalue weighted by atomic mass is 35.5. The minimum Gasteiger partial charge on any atom is -0.479 e. The molecule has 0 aromatic heterocycles. The number of carbonyl (C=O) groups excluding carboxylic acids is 1. The fourth-order valence-electron chi connectivity index (χ4n) is 1.73. The van der Waals surface area contributed by atoms with Gasteiger partial charge in [-0.15, -0.1) is 0 Å². The fraction of sp³-hybridized carbons (Fsp3) is 0.846. The molecule has 0 rings (SSSR count). The van der Waals surface area contributed by atoms with Gasteiger partial charge in [-0.25, -0.2) is 9.59 Å². The third-order valence-electron chi connectivity index (χ3n) is 2.69. The van der Waals surface area contributed by atoms with E-state index in [0.29, 0.717) is 6.42 Å². The molecule has 0 radical (unpaired) electrons. The smallest absolute Gasteiger partial charge is 0.339 e. The van der Waals surface area contributed by atoms with Crippen molar-refractivity contribution in [1.82, 2.24) is 0 Å². The van der Waals surface area contributed by atoms with E-state index in [1.165, 1.54) is 0 Å².